The van der Waals surface area contributed by atoms with Crippen LogP contribution in [0, 0.1) is 0 Å². The molecule has 6 nitrogen and oxygen atoms in total. The highest BCUT2D eigenvalue weighted by Gasteiger charge is 2.31. The van der Waals surface area contributed by atoms with Crippen molar-refractivity contribution in [1.82, 2.24) is 9.97 Å². The predicted octanol–water partition coefficient (Wildman–Crippen LogP) is 5.83. The number of ether oxygens (including phenoxy) is 1. The van der Waals surface area contributed by atoms with E-state index in [1.807, 2.05) is 0 Å². The minimum absolute atomic E-state index is 0.260. The highest BCUT2D eigenvalue weighted by atomic mass is 35.5. The van der Waals surface area contributed by atoms with Gasteiger partial charge in [-0.05, 0) is 30.3 Å². The number of hydrazine groups is 1. The van der Waals surface area contributed by atoms with E-state index in [1.165, 1.54) is 18.2 Å². The molecule has 0 saturated carbocycles. The lowest BCUT2D eigenvalue weighted by atomic mass is 10.1. The molecule has 2 aromatic carbocycles. The van der Waals surface area contributed by atoms with Crippen LogP contribution in [0.3, 0.4) is 0 Å². The summed E-state index contributed by atoms with van der Waals surface area (Å²) in [6.45, 7) is 0. The third kappa shape index (κ3) is 5.78. The van der Waals surface area contributed by atoms with Crippen LogP contribution >= 0.6 is 23.2 Å². The van der Waals surface area contributed by atoms with Crippen molar-refractivity contribution in [1.29, 1.82) is 0 Å². The number of alkyl halides is 3. The van der Waals surface area contributed by atoms with Gasteiger partial charge in [0.1, 0.15) is 5.75 Å². The standard InChI is InChI=1S/C18H14Cl2F3N5O/c1-24-17-25-15(10-3-2-4-12(7-10)29-18(21,22)23)9-16(26-17)28-27-14-6-5-11(19)8-13(14)20/h2-9,27H,1H3,(H2,24,25,26,28). The Kier molecular flexibility index (Phi) is 6.19. The summed E-state index contributed by atoms with van der Waals surface area (Å²) in [6.07, 6.45) is -4.78. The molecule has 3 N–H and O–H groups in total. The fraction of sp³-hybridized carbons (Fsp3) is 0.111. The van der Waals surface area contributed by atoms with Crippen LogP contribution in [0.25, 0.3) is 11.3 Å². The molecule has 0 aliphatic heterocycles. The largest absolute Gasteiger partial charge is 0.573 e. The van der Waals surface area contributed by atoms with Gasteiger partial charge in [0, 0.05) is 23.7 Å². The van der Waals surface area contributed by atoms with E-state index in [0.717, 1.165) is 0 Å². The Labute approximate surface area is 174 Å². The lowest BCUT2D eigenvalue weighted by Crippen LogP contribution is -2.17. The monoisotopic (exact) mass is 443 g/mol. The van der Waals surface area contributed by atoms with Crippen LogP contribution in [0.5, 0.6) is 5.75 Å². The van der Waals surface area contributed by atoms with Crippen LogP contribution in [-0.2, 0) is 0 Å². The fourth-order valence-corrected chi connectivity index (χ4v) is 2.80. The van der Waals surface area contributed by atoms with Crippen LogP contribution in [-0.4, -0.2) is 23.4 Å². The summed E-state index contributed by atoms with van der Waals surface area (Å²) in [4.78, 5) is 8.52. The Hall–Kier alpha value is -2.91. The van der Waals surface area contributed by atoms with Gasteiger partial charge in [0.05, 0.1) is 16.4 Å². The first-order valence-corrected chi connectivity index (χ1v) is 8.89. The minimum atomic E-state index is -4.78. The van der Waals surface area contributed by atoms with E-state index in [9.17, 15) is 13.2 Å². The smallest absolute Gasteiger partial charge is 0.406 e. The highest BCUT2D eigenvalue weighted by molar-refractivity contribution is 6.36. The summed E-state index contributed by atoms with van der Waals surface area (Å²) in [5.74, 6) is 0.267. The molecular formula is C18H14Cl2F3N5O. The van der Waals surface area contributed by atoms with Gasteiger partial charge >= 0.3 is 6.36 Å². The molecule has 0 amide bonds. The maximum atomic E-state index is 12.5. The molecule has 11 heteroatoms. The molecule has 0 bridgehead atoms. The molecule has 3 rings (SSSR count). The first-order chi connectivity index (χ1) is 13.7. The van der Waals surface area contributed by atoms with E-state index < -0.39 is 6.36 Å². The van der Waals surface area contributed by atoms with Crippen molar-refractivity contribution in [3.8, 4) is 17.0 Å². The van der Waals surface area contributed by atoms with Gasteiger partial charge in [-0.25, -0.2) is 4.98 Å². The molecule has 152 valence electrons. The van der Waals surface area contributed by atoms with Crippen LogP contribution in [0.4, 0.5) is 30.6 Å². The second kappa shape index (κ2) is 8.62. The zero-order valence-corrected chi connectivity index (χ0v) is 16.3. The topological polar surface area (TPSA) is 71.1 Å². The number of hydrogen-bond donors (Lipinski definition) is 3. The van der Waals surface area contributed by atoms with Crippen LogP contribution in [0.1, 0.15) is 0 Å². The Morgan fingerprint density at radius 1 is 0.966 bits per heavy atom. The predicted molar refractivity (Wildman–Crippen MR) is 107 cm³/mol. The molecule has 29 heavy (non-hydrogen) atoms. The number of aromatic nitrogens is 2. The molecule has 3 aromatic rings. The molecule has 1 aromatic heterocycles. The lowest BCUT2D eigenvalue weighted by Gasteiger charge is -2.13. The van der Waals surface area contributed by atoms with Gasteiger partial charge in [-0.15, -0.1) is 13.2 Å². The average molecular weight is 444 g/mol. The number of nitrogens with zero attached hydrogens (tertiary/aromatic N) is 2. The summed E-state index contributed by atoms with van der Waals surface area (Å²) in [5.41, 5.74) is 7.13. The van der Waals surface area contributed by atoms with Gasteiger partial charge in [0.15, 0.2) is 5.82 Å². The van der Waals surface area contributed by atoms with Gasteiger partial charge in [-0.1, -0.05) is 35.3 Å². The van der Waals surface area contributed by atoms with Crippen molar-refractivity contribution in [2.24, 2.45) is 0 Å². The molecule has 0 unspecified atom stereocenters. The molecule has 0 aliphatic rings. The summed E-state index contributed by atoms with van der Waals surface area (Å²) >= 11 is 12.0. The molecule has 0 atom stereocenters. The quantitative estimate of drug-likeness (QED) is 0.416. The summed E-state index contributed by atoms with van der Waals surface area (Å²) in [7, 11) is 1.62. The maximum Gasteiger partial charge on any atom is 0.573 e. The highest BCUT2D eigenvalue weighted by Crippen LogP contribution is 2.29. The van der Waals surface area contributed by atoms with Gasteiger partial charge in [0.25, 0.3) is 0 Å². The fourth-order valence-electron chi connectivity index (χ4n) is 2.35. The van der Waals surface area contributed by atoms with Crippen molar-refractivity contribution in [3.05, 3.63) is 58.6 Å². The average Bonchev–Trinajstić information content (AvgIpc) is 2.66. The second-order valence-corrected chi connectivity index (χ2v) is 6.51. The number of halogens is 5. The number of anilines is 3. The van der Waals surface area contributed by atoms with Gasteiger partial charge < -0.3 is 10.1 Å². The van der Waals surface area contributed by atoms with E-state index >= 15 is 0 Å². The van der Waals surface area contributed by atoms with E-state index in [2.05, 4.69) is 30.9 Å². The van der Waals surface area contributed by atoms with Crippen molar-refractivity contribution in [2.45, 2.75) is 6.36 Å². The third-order valence-corrected chi connectivity index (χ3v) is 4.12. The molecule has 0 radical (unpaired) electrons. The first kappa shape index (κ1) is 20.8. The van der Waals surface area contributed by atoms with Crippen molar-refractivity contribution < 1.29 is 17.9 Å². The number of rotatable bonds is 6. The summed E-state index contributed by atoms with van der Waals surface area (Å²) in [5, 5.41) is 3.69. The van der Waals surface area contributed by atoms with E-state index in [1.54, 1.807) is 37.4 Å². The SMILES string of the molecule is CNc1nc(NNc2ccc(Cl)cc2Cl)cc(-c2cccc(OC(F)(F)F)c2)n1. The number of nitrogens with one attached hydrogen (secondary N) is 3. The number of hydrogen-bond acceptors (Lipinski definition) is 6. The molecule has 0 fully saturated rings. The Bertz CT molecular complexity index is 1020. The van der Waals surface area contributed by atoms with Gasteiger partial charge in [0.2, 0.25) is 5.95 Å². The van der Waals surface area contributed by atoms with Crippen LogP contribution in [0.2, 0.25) is 10.0 Å². The van der Waals surface area contributed by atoms with Crippen molar-refractivity contribution >= 4 is 40.7 Å². The van der Waals surface area contributed by atoms with Crippen LogP contribution < -0.4 is 20.9 Å². The minimum Gasteiger partial charge on any atom is -0.406 e. The van der Waals surface area contributed by atoms with E-state index in [0.29, 0.717) is 32.8 Å². The van der Waals surface area contributed by atoms with Gasteiger partial charge in [-0.2, -0.15) is 4.98 Å². The number of benzene rings is 2. The molecule has 0 spiro atoms. The third-order valence-electron chi connectivity index (χ3n) is 3.57. The maximum absolute atomic E-state index is 12.5. The lowest BCUT2D eigenvalue weighted by molar-refractivity contribution is -0.274. The Morgan fingerprint density at radius 2 is 1.76 bits per heavy atom. The molecule has 1 heterocycles. The first-order valence-electron chi connectivity index (χ1n) is 8.13. The van der Waals surface area contributed by atoms with Gasteiger partial charge in [-0.3, -0.25) is 10.9 Å². The van der Waals surface area contributed by atoms with E-state index in [4.69, 9.17) is 23.2 Å². The zero-order chi connectivity index (χ0) is 21.0. The summed E-state index contributed by atoms with van der Waals surface area (Å²) in [6, 6.07) is 12.0. The van der Waals surface area contributed by atoms with Crippen molar-refractivity contribution in [2.75, 3.05) is 23.2 Å². The zero-order valence-electron chi connectivity index (χ0n) is 14.8. The van der Waals surface area contributed by atoms with Crippen molar-refractivity contribution in [3.63, 3.8) is 0 Å². The summed E-state index contributed by atoms with van der Waals surface area (Å²) < 4.78 is 41.4. The van der Waals surface area contributed by atoms with Crippen LogP contribution in [0.15, 0.2) is 48.5 Å². The molecular weight excluding hydrogens is 430 g/mol. The molecule has 0 saturated heterocycles. The Morgan fingerprint density at radius 3 is 2.45 bits per heavy atom. The second-order valence-electron chi connectivity index (χ2n) is 5.66. The normalized spacial score (nSPS) is 11.1. The Balaban J connectivity index is 1.86. The van der Waals surface area contributed by atoms with E-state index in [-0.39, 0.29) is 11.7 Å². The molecule has 0 aliphatic carbocycles.